The molecule has 1 heterocycles. The number of hydrogen-bond donors (Lipinski definition) is 2. The number of hydrogen-bond acceptors (Lipinski definition) is 5. The van der Waals surface area contributed by atoms with Crippen LogP contribution in [0.2, 0.25) is 0 Å². The van der Waals surface area contributed by atoms with Gasteiger partial charge < -0.3 is 19.4 Å². The first-order valence-corrected chi connectivity index (χ1v) is 7.70. The maximum atomic E-state index is 11.2. The predicted octanol–water partition coefficient (Wildman–Crippen LogP) is 2.81. The average Bonchev–Trinajstić information content (AvgIpc) is 2.53. The highest BCUT2D eigenvalue weighted by atomic mass is 16.5. The van der Waals surface area contributed by atoms with E-state index < -0.39 is 17.8 Å². The van der Waals surface area contributed by atoms with E-state index in [4.69, 9.17) is 9.15 Å². The molecule has 0 unspecified atom stereocenters. The zero-order valence-corrected chi connectivity index (χ0v) is 13.9. The van der Waals surface area contributed by atoms with Crippen molar-refractivity contribution < 1.29 is 19.4 Å². The van der Waals surface area contributed by atoms with E-state index in [0.29, 0.717) is 29.9 Å². The van der Waals surface area contributed by atoms with E-state index in [0.717, 1.165) is 11.0 Å². The molecule has 0 fully saturated rings. The lowest BCUT2D eigenvalue weighted by atomic mass is 10.0. The number of benzene rings is 1. The van der Waals surface area contributed by atoms with Gasteiger partial charge in [0.25, 0.3) is 0 Å². The average molecular weight is 330 g/mol. The summed E-state index contributed by atoms with van der Waals surface area (Å²) < 4.78 is 10.7. The Kier molecular flexibility index (Phi) is 5.95. The summed E-state index contributed by atoms with van der Waals surface area (Å²) in [6.07, 6.45) is 0.357. The maximum Gasteiger partial charge on any atom is 0.336 e. The number of ether oxygens (including phenoxy) is 1. The van der Waals surface area contributed by atoms with Crippen LogP contribution in [0.15, 0.2) is 63.3 Å². The van der Waals surface area contributed by atoms with E-state index in [9.17, 15) is 15.0 Å². The molecule has 2 N–H and O–H groups in total. The summed E-state index contributed by atoms with van der Waals surface area (Å²) in [4.78, 5) is 11.2. The van der Waals surface area contributed by atoms with Gasteiger partial charge in [0.05, 0.1) is 6.10 Å². The molecular weight excluding hydrogens is 308 g/mol. The Morgan fingerprint density at radius 2 is 2.00 bits per heavy atom. The van der Waals surface area contributed by atoms with Gasteiger partial charge in [-0.05, 0) is 50.1 Å². The van der Waals surface area contributed by atoms with E-state index in [1.54, 1.807) is 25.1 Å². The van der Waals surface area contributed by atoms with Crippen molar-refractivity contribution in [1.29, 1.82) is 0 Å². The molecule has 0 radical (unpaired) electrons. The van der Waals surface area contributed by atoms with Gasteiger partial charge in [0, 0.05) is 17.5 Å². The smallest absolute Gasteiger partial charge is 0.336 e. The molecular formula is C19H22O5. The fraction of sp³-hybridized carbons (Fsp3) is 0.316. The molecule has 2 aromatic rings. The first kappa shape index (κ1) is 18.0. The summed E-state index contributed by atoms with van der Waals surface area (Å²) >= 11 is 0. The molecule has 0 amide bonds. The van der Waals surface area contributed by atoms with Crippen LogP contribution in [0.1, 0.15) is 20.3 Å². The van der Waals surface area contributed by atoms with Gasteiger partial charge in [-0.25, -0.2) is 4.79 Å². The van der Waals surface area contributed by atoms with E-state index >= 15 is 0 Å². The van der Waals surface area contributed by atoms with Crippen molar-refractivity contribution in [3.63, 3.8) is 0 Å². The summed E-state index contributed by atoms with van der Waals surface area (Å²) in [5.74, 6) is 0.586. The van der Waals surface area contributed by atoms with Crippen LogP contribution in [0, 0.1) is 0 Å². The summed E-state index contributed by atoms with van der Waals surface area (Å²) in [5.41, 5.74) is 1.50. The summed E-state index contributed by atoms with van der Waals surface area (Å²) in [6.45, 7) is 7.47. The second kappa shape index (κ2) is 7.95. The second-order valence-electron chi connectivity index (χ2n) is 5.88. The molecule has 24 heavy (non-hydrogen) atoms. The first-order chi connectivity index (χ1) is 11.4. The van der Waals surface area contributed by atoms with Gasteiger partial charge in [0.15, 0.2) is 0 Å². The first-order valence-electron chi connectivity index (χ1n) is 7.70. The Bertz CT molecular complexity index is 803. The highest BCUT2D eigenvalue weighted by Crippen LogP contribution is 2.19. The van der Waals surface area contributed by atoms with Gasteiger partial charge in [-0.1, -0.05) is 12.2 Å². The molecule has 5 nitrogen and oxygen atoms in total. The number of aliphatic hydroxyl groups is 2. The maximum absolute atomic E-state index is 11.2. The van der Waals surface area contributed by atoms with E-state index in [-0.39, 0.29) is 0 Å². The van der Waals surface area contributed by atoms with Gasteiger partial charge >= 0.3 is 5.63 Å². The van der Waals surface area contributed by atoms with Crippen LogP contribution >= 0.6 is 0 Å². The van der Waals surface area contributed by atoms with Crippen LogP contribution in [-0.4, -0.2) is 29.0 Å². The molecule has 2 atom stereocenters. The number of fused-ring (bicyclic) bond motifs is 1. The van der Waals surface area contributed by atoms with Gasteiger partial charge in [-0.2, -0.15) is 0 Å². The Morgan fingerprint density at radius 1 is 1.29 bits per heavy atom. The lowest BCUT2D eigenvalue weighted by Crippen LogP contribution is -2.26. The fourth-order valence-electron chi connectivity index (χ4n) is 2.26. The third kappa shape index (κ3) is 4.81. The molecule has 0 aliphatic rings. The molecule has 0 saturated heterocycles. The van der Waals surface area contributed by atoms with Gasteiger partial charge in [0.2, 0.25) is 0 Å². The molecule has 0 aliphatic carbocycles. The predicted molar refractivity (Wildman–Crippen MR) is 93.2 cm³/mol. The van der Waals surface area contributed by atoms with Crippen molar-refractivity contribution in [3.8, 4) is 5.75 Å². The summed E-state index contributed by atoms with van der Waals surface area (Å²) in [6, 6.07) is 8.35. The van der Waals surface area contributed by atoms with Crippen LogP contribution in [0.3, 0.4) is 0 Å². The van der Waals surface area contributed by atoms with Crippen LogP contribution < -0.4 is 10.4 Å². The highest BCUT2D eigenvalue weighted by Gasteiger charge is 2.16. The van der Waals surface area contributed by atoms with Gasteiger partial charge in [-0.3, -0.25) is 0 Å². The SMILES string of the molecule is C=C(C)[C@H](O)[C@H](O)C/C(C)=C/COc1ccc2ccc(=O)oc2c1. The number of aliphatic hydroxyl groups excluding tert-OH is 2. The van der Waals surface area contributed by atoms with Crippen molar-refractivity contribution in [2.45, 2.75) is 32.5 Å². The normalized spacial score (nSPS) is 14.4. The van der Waals surface area contributed by atoms with Crippen LogP contribution in [-0.2, 0) is 0 Å². The number of rotatable bonds is 7. The Balaban J connectivity index is 1.95. The van der Waals surface area contributed by atoms with E-state index in [2.05, 4.69) is 6.58 Å². The van der Waals surface area contributed by atoms with Gasteiger partial charge in [-0.15, -0.1) is 0 Å². The van der Waals surface area contributed by atoms with Crippen LogP contribution in [0.4, 0.5) is 0 Å². The van der Waals surface area contributed by atoms with Crippen molar-refractivity contribution in [2.24, 2.45) is 0 Å². The van der Waals surface area contributed by atoms with E-state index in [1.165, 1.54) is 6.07 Å². The minimum Gasteiger partial charge on any atom is -0.489 e. The Morgan fingerprint density at radius 3 is 2.71 bits per heavy atom. The lowest BCUT2D eigenvalue weighted by molar-refractivity contribution is 0.0427. The molecule has 0 saturated carbocycles. The minimum atomic E-state index is -0.933. The lowest BCUT2D eigenvalue weighted by Gasteiger charge is -2.18. The zero-order valence-electron chi connectivity index (χ0n) is 13.9. The Labute approximate surface area is 140 Å². The highest BCUT2D eigenvalue weighted by molar-refractivity contribution is 5.77. The molecule has 128 valence electrons. The molecule has 0 spiro atoms. The molecule has 1 aromatic carbocycles. The van der Waals surface area contributed by atoms with Crippen molar-refractivity contribution in [2.75, 3.05) is 6.61 Å². The Hall–Kier alpha value is -2.37. The minimum absolute atomic E-state index is 0.310. The quantitative estimate of drug-likeness (QED) is 0.603. The third-order valence-corrected chi connectivity index (χ3v) is 3.68. The summed E-state index contributed by atoms with van der Waals surface area (Å²) in [5, 5.41) is 20.4. The molecule has 0 bridgehead atoms. The zero-order chi connectivity index (χ0) is 17.7. The van der Waals surface area contributed by atoms with Crippen LogP contribution in [0.5, 0.6) is 5.75 Å². The summed E-state index contributed by atoms with van der Waals surface area (Å²) in [7, 11) is 0. The molecule has 2 rings (SSSR count). The fourth-order valence-corrected chi connectivity index (χ4v) is 2.26. The van der Waals surface area contributed by atoms with Crippen molar-refractivity contribution in [1.82, 2.24) is 0 Å². The topological polar surface area (TPSA) is 79.9 Å². The second-order valence-corrected chi connectivity index (χ2v) is 5.88. The molecule has 1 aromatic heterocycles. The van der Waals surface area contributed by atoms with Gasteiger partial charge in [0.1, 0.15) is 24.0 Å². The van der Waals surface area contributed by atoms with E-state index in [1.807, 2.05) is 19.1 Å². The van der Waals surface area contributed by atoms with Crippen LogP contribution in [0.25, 0.3) is 11.0 Å². The third-order valence-electron chi connectivity index (χ3n) is 3.68. The molecule has 5 heteroatoms. The standard InChI is InChI=1S/C19H22O5/c1-12(2)19(22)16(20)10-13(3)8-9-23-15-6-4-14-5-7-18(21)24-17(14)11-15/h4-8,11,16,19-20,22H,1,9-10H2,2-3H3/b13-8+/t16-,19+/m1/s1. The largest absolute Gasteiger partial charge is 0.489 e. The molecule has 0 aliphatic heterocycles. The van der Waals surface area contributed by atoms with Crippen molar-refractivity contribution in [3.05, 3.63) is 64.6 Å². The monoisotopic (exact) mass is 330 g/mol. The van der Waals surface area contributed by atoms with Crippen molar-refractivity contribution >= 4 is 11.0 Å².